The van der Waals surface area contributed by atoms with Gasteiger partial charge in [0.25, 0.3) is 0 Å². The molecule has 34 heavy (non-hydrogen) atoms. The van der Waals surface area contributed by atoms with Crippen molar-refractivity contribution in [1.82, 2.24) is 24.9 Å². The lowest BCUT2D eigenvalue weighted by atomic mass is 10.1. The fourth-order valence-electron chi connectivity index (χ4n) is 3.22. The molecule has 1 aromatic heterocycles. The second-order valence-corrected chi connectivity index (χ2v) is 9.15. The van der Waals surface area contributed by atoms with Crippen LogP contribution in [0.2, 0.25) is 0 Å². The highest BCUT2D eigenvalue weighted by atomic mass is 32.2. The minimum atomic E-state index is -4.87. The van der Waals surface area contributed by atoms with Crippen LogP contribution in [0.4, 0.5) is 13.2 Å². The molecule has 176 valence electrons. The molecule has 0 amide bonds. The molecular weight excluding hydrogens is 471 g/mol. The third-order valence-corrected chi connectivity index (χ3v) is 6.62. The normalized spacial score (nSPS) is 12.1. The molecule has 0 radical (unpaired) electrons. The van der Waals surface area contributed by atoms with Gasteiger partial charge in [0.1, 0.15) is 5.75 Å². The number of hydrogen-bond acceptors (Lipinski definition) is 6. The topological polar surface area (TPSA) is 101 Å². The number of rotatable bonds is 8. The van der Waals surface area contributed by atoms with Crippen molar-refractivity contribution >= 4 is 10.0 Å². The Balaban J connectivity index is 1.61. The smallest absolute Gasteiger partial charge is 0.406 e. The lowest BCUT2D eigenvalue weighted by Gasteiger charge is -2.23. The number of tetrazole rings is 1. The lowest BCUT2D eigenvalue weighted by Crippen LogP contribution is -2.30. The van der Waals surface area contributed by atoms with E-state index in [0.717, 1.165) is 29.8 Å². The number of halogens is 3. The summed E-state index contributed by atoms with van der Waals surface area (Å²) < 4.78 is 69.3. The first-order valence-corrected chi connectivity index (χ1v) is 11.4. The molecule has 4 rings (SSSR count). The summed E-state index contributed by atoms with van der Waals surface area (Å²) in [4.78, 5) is -0.152. The van der Waals surface area contributed by atoms with Crippen molar-refractivity contribution in [3.63, 3.8) is 0 Å². The van der Waals surface area contributed by atoms with Gasteiger partial charge in [-0.05, 0) is 40.6 Å². The predicted molar refractivity (Wildman–Crippen MR) is 116 cm³/mol. The summed E-state index contributed by atoms with van der Waals surface area (Å²) in [5.74, 6) is -0.0976. The SMILES string of the molecule is O=S(=O)(c1ccc(OC(F)(F)F)cc1)N(Cc1ccccc1)Cc1ccc(-c2nn[nH]n2)cc1. The van der Waals surface area contributed by atoms with E-state index in [1.54, 1.807) is 48.5 Å². The van der Waals surface area contributed by atoms with E-state index in [1.165, 1.54) is 4.31 Å². The summed E-state index contributed by atoms with van der Waals surface area (Å²) in [6, 6.07) is 20.1. The summed E-state index contributed by atoms with van der Waals surface area (Å²) in [6.07, 6.45) is -4.87. The van der Waals surface area contributed by atoms with E-state index >= 15 is 0 Å². The molecule has 0 fully saturated rings. The van der Waals surface area contributed by atoms with Gasteiger partial charge < -0.3 is 4.74 Å². The third-order valence-electron chi connectivity index (χ3n) is 4.81. The summed E-state index contributed by atoms with van der Waals surface area (Å²) in [6.45, 7) is 0.0983. The number of aromatic amines is 1. The molecule has 0 aliphatic heterocycles. The average molecular weight is 489 g/mol. The molecule has 0 aliphatic carbocycles. The number of aromatic nitrogens is 4. The van der Waals surface area contributed by atoms with Crippen molar-refractivity contribution in [2.45, 2.75) is 24.3 Å². The van der Waals surface area contributed by atoms with Gasteiger partial charge in [-0.1, -0.05) is 54.6 Å². The molecule has 8 nitrogen and oxygen atoms in total. The minimum Gasteiger partial charge on any atom is -0.406 e. The van der Waals surface area contributed by atoms with E-state index in [4.69, 9.17) is 0 Å². The van der Waals surface area contributed by atoms with Gasteiger partial charge in [0.15, 0.2) is 0 Å². The van der Waals surface area contributed by atoms with Crippen molar-refractivity contribution in [2.75, 3.05) is 0 Å². The Morgan fingerprint density at radius 1 is 0.853 bits per heavy atom. The highest BCUT2D eigenvalue weighted by Crippen LogP contribution is 2.27. The average Bonchev–Trinajstić information content (AvgIpc) is 3.34. The van der Waals surface area contributed by atoms with Gasteiger partial charge in [-0.3, -0.25) is 0 Å². The van der Waals surface area contributed by atoms with Gasteiger partial charge in [-0.2, -0.15) is 9.52 Å². The first-order chi connectivity index (χ1) is 16.2. The Hall–Kier alpha value is -3.77. The van der Waals surface area contributed by atoms with Gasteiger partial charge >= 0.3 is 6.36 Å². The van der Waals surface area contributed by atoms with Crippen LogP contribution in [0, 0.1) is 0 Å². The van der Waals surface area contributed by atoms with Gasteiger partial charge in [0.2, 0.25) is 15.8 Å². The molecule has 4 aromatic rings. The van der Waals surface area contributed by atoms with Crippen LogP contribution < -0.4 is 4.74 Å². The van der Waals surface area contributed by atoms with E-state index in [0.29, 0.717) is 17.0 Å². The van der Waals surface area contributed by atoms with E-state index < -0.39 is 22.1 Å². The zero-order chi connectivity index (χ0) is 24.2. The zero-order valence-electron chi connectivity index (χ0n) is 17.5. The first kappa shape index (κ1) is 23.4. The maximum absolute atomic E-state index is 13.4. The molecule has 1 heterocycles. The fourth-order valence-corrected chi connectivity index (χ4v) is 4.64. The monoisotopic (exact) mass is 489 g/mol. The van der Waals surface area contributed by atoms with Gasteiger partial charge in [0, 0.05) is 18.7 Å². The van der Waals surface area contributed by atoms with Crippen LogP contribution in [0.15, 0.2) is 83.8 Å². The Kier molecular flexibility index (Phi) is 6.61. The van der Waals surface area contributed by atoms with Crippen LogP contribution in [-0.4, -0.2) is 39.7 Å². The van der Waals surface area contributed by atoms with Gasteiger partial charge in [-0.15, -0.1) is 23.4 Å². The first-order valence-electron chi connectivity index (χ1n) is 9.93. The largest absolute Gasteiger partial charge is 0.573 e. The van der Waals surface area contributed by atoms with Crippen molar-refractivity contribution in [3.8, 4) is 17.1 Å². The predicted octanol–water partition coefficient (Wildman–Crippen LogP) is 4.16. The van der Waals surface area contributed by atoms with Gasteiger partial charge in [0.05, 0.1) is 4.90 Å². The maximum Gasteiger partial charge on any atom is 0.573 e. The maximum atomic E-state index is 13.4. The number of nitrogens with zero attached hydrogens (tertiary/aromatic N) is 4. The van der Waals surface area contributed by atoms with Crippen LogP contribution in [0.3, 0.4) is 0 Å². The van der Waals surface area contributed by atoms with Crippen LogP contribution in [0.5, 0.6) is 5.75 Å². The molecule has 0 aliphatic rings. The summed E-state index contributed by atoms with van der Waals surface area (Å²) in [5, 5.41) is 13.7. The molecular formula is C22H18F3N5O3S. The summed E-state index contributed by atoms with van der Waals surface area (Å²) in [5.41, 5.74) is 2.16. The van der Waals surface area contributed by atoms with Crippen molar-refractivity contribution in [1.29, 1.82) is 0 Å². The van der Waals surface area contributed by atoms with E-state index in [9.17, 15) is 21.6 Å². The summed E-state index contributed by atoms with van der Waals surface area (Å²) in [7, 11) is -4.05. The molecule has 12 heteroatoms. The molecule has 0 saturated carbocycles. The number of benzene rings is 3. The number of H-pyrrole nitrogens is 1. The zero-order valence-corrected chi connectivity index (χ0v) is 18.3. The standard InChI is InChI=1S/C22H18F3N5O3S/c23-22(24,25)33-19-10-12-20(13-11-19)34(31,32)30(14-16-4-2-1-3-5-16)15-17-6-8-18(9-7-17)21-26-28-29-27-21/h1-13H,14-15H2,(H,26,27,28,29). The Bertz CT molecular complexity index is 1310. The van der Waals surface area contributed by atoms with Crippen molar-refractivity contribution in [2.24, 2.45) is 0 Å². The van der Waals surface area contributed by atoms with Crippen LogP contribution in [-0.2, 0) is 23.1 Å². The second kappa shape index (κ2) is 9.61. The fraction of sp³-hybridized carbons (Fsp3) is 0.136. The van der Waals surface area contributed by atoms with Crippen molar-refractivity contribution in [3.05, 3.63) is 90.0 Å². The Labute approximate surface area is 193 Å². The number of nitrogens with one attached hydrogen (secondary N) is 1. The van der Waals surface area contributed by atoms with E-state index in [-0.39, 0.29) is 18.0 Å². The molecule has 3 aromatic carbocycles. The molecule has 0 atom stereocenters. The number of alkyl halides is 3. The molecule has 0 bridgehead atoms. The highest BCUT2D eigenvalue weighted by Gasteiger charge is 2.31. The molecule has 0 spiro atoms. The summed E-state index contributed by atoms with van der Waals surface area (Å²) >= 11 is 0. The number of sulfonamides is 1. The van der Waals surface area contributed by atoms with Crippen molar-refractivity contribution < 1.29 is 26.3 Å². The molecule has 0 saturated heterocycles. The molecule has 1 N–H and O–H groups in total. The van der Waals surface area contributed by atoms with Crippen LogP contribution in [0.1, 0.15) is 11.1 Å². The number of ether oxygens (including phenoxy) is 1. The van der Waals surface area contributed by atoms with Crippen LogP contribution in [0.25, 0.3) is 11.4 Å². The minimum absolute atomic E-state index is 0.0323. The Morgan fingerprint density at radius 3 is 2.03 bits per heavy atom. The quantitative estimate of drug-likeness (QED) is 0.399. The third kappa shape index (κ3) is 5.77. The molecule has 0 unspecified atom stereocenters. The lowest BCUT2D eigenvalue weighted by molar-refractivity contribution is -0.274. The second-order valence-electron chi connectivity index (χ2n) is 7.21. The van der Waals surface area contributed by atoms with E-state index in [2.05, 4.69) is 25.4 Å². The van der Waals surface area contributed by atoms with E-state index in [1.807, 2.05) is 6.07 Å². The van der Waals surface area contributed by atoms with Crippen LogP contribution >= 0.6 is 0 Å². The Morgan fingerprint density at radius 2 is 1.47 bits per heavy atom. The number of hydrogen-bond donors (Lipinski definition) is 1. The highest BCUT2D eigenvalue weighted by molar-refractivity contribution is 7.89. The van der Waals surface area contributed by atoms with Gasteiger partial charge in [-0.25, -0.2) is 8.42 Å².